The van der Waals surface area contributed by atoms with Gasteiger partial charge < -0.3 is 4.57 Å². The Bertz CT molecular complexity index is 2870. The van der Waals surface area contributed by atoms with Crippen LogP contribution in [0.25, 0.3) is 93.0 Å². The molecule has 0 atom stereocenters. The van der Waals surface area contributed by atoms with Crippen molar-refractivity contribution < 1.29 is 0 Å². The van der Waals surface area contributed by atoms with Gasteiger partial charge in [-0.15, -0.1) is 11.3 Å². The number of para-hydroxylation sites is 2. The second kappa shape index (κ2) is 11.6. The molecule has 0 saturated carbocycles. The van der Waals surface area contributed by atoms with Crippen LogP contribution in [0.2, 0.25) is 0 Å². The zero-order valence-corrected chi connectivity index (χ0v) is 27.7. The van der Waals surface area contributed by atoms with Crippen LogP contribution in [0.15, 0.2) is 170 Å². The van der Waals surface area contributed by atoms with Gasteiger partial charge in [-0.2, -0.15) is 0 Å². The minimum absolute atomic E-state index is 0.642. The summed E-state index contributed by atoms with van der Waals surface area (Å²) in [5, 5.41) is 4.85. The van der Waals surface area contributed by atoms with Crippen LogP contribution in [0, 0.1) is 0 Å². The van der Waals surface area contributed by atoms with Crippen molar-refractivity contribution in [2.45, 2.75) is 0 Å². The van der Waals surface area contributed by atoms with E-state index in [2.05, 4.69) is 156 Å². The molecular formula is C45H28N4S. The van der Waals surface area contributed by atoms with Gasteiger partial charge in [-0.3, -0.25) is 0 Å². The smallest absolute Gasteiger partial charge is 0.164 e. The van der Waals surface area contributed by atoms with Gasteiger partial charge in [0.1, 0.15) is 0 Å². The topological polar surface area (TPSA) is 43.6 Å². The van der Waals surface area contributed by atoms with Crippen LogP contribution in [0.1, 0.15) is 0 Å². The number of nitrogens with zero attached hydrogens (tertiary/aromatic N) is 4. The van der Waals surface area contributed by atoms with Crippen molar-refractivity contribution in [1.82, 2.24) is 19.5 Å². The van der Waals surface area contributed by atoms with E-state index in [-0.39, 0.29) is 0 Å². The summed E-state index contributed by atoms with van der Waals surface area (Å²) in [7, 11) is 0. The highest BCUT2D eigenvalue weighted by atomic mass is 32.1. The maximum absolute atomic E-state index is 5.24. The molecule has 10 rings (SSSR count). The van der Waals surface area contributed by atoms with Gasteiger partial charge in [0.2, 0.25) is 0 Å². The molecule has 3 heterocycles. The molecule has 7 aromatic carbocycles. The number of aromatic nitrogens is 4. The third-order valence-corrected chi connectivity index (χ3v) is 10.7. The average Bonchev–Trinajstić information content (AvgIpc) is 3.75. The van der Waals surface area contributed by atoms with Crippen LogP contribution in [-0.4, -0.2) is 19.5 Å². The van der Waals surface area contributed by atoms with Crippen LogP contribution in [0.4, 0.5) is 0 Å². The predicted molar refractivity (Wildman–Crippen MR) is 209 cm³/mol. The van der Waals surface area contributed by atoms with Crippen LogP contribution >= 0.6 is 11.3 Å². The summed E-state index contributed by atoms with van der Waals surface area (Å²) in [6.45, 7) is 0. The SMILES string of the molecule is c1ccc(-c2nc(-c3cccc(-c4cccc5c4sc4ccccc45)c3)nc(-c3cccc4c3c3ccccc3n4-c3ccccc3)n2)cc1. The highest BCUT2D eigenvalue weighted by Crippen LogP contribution is 2.41. The number of benzene rings is 7. The molecule has 5 heteroatoms. The van der Waals surface area contributed by atoms with Gasteiger partial charge in [0.05, 0.1) is 11.0 Å². The summed E-state index contributed by atoms with van der Waals surface area (Å²) in [5.74, 6) is 1.93. The number of hydrogen-bond donors (Lipinski definition) is 0. The number of rotatable bonds is 5. The summed E-state index contributed by atoms with van der Waals surface area (Å²) in [6, 6.07) is 59.6. The Morgan fingerprint density at radius 1 is 0.400 bits per heavy atom. The minimum atomic E-state index is 0.642. The summed E-state index contributed by atoms with van der Waals surface area (Å²) in [4.78, 5) is 15.5. The molecule has 0 bridgehead atoms. The van der Waals surface area contributed by atoms with E-state index in [9.17, 15) is 0 Å². The van der Waals surface area contributed by atoms with E-state index in [1.807, 2.05) is 29.5 Å². The largest absolute Gasteiger partial charge is 0.309 e. The standard InChI is InChI=1S/C45H28N4S/c1-3-14-29(15-4-1)43-46-44(31-17-11-16-30(28-31)33-22-12-23-35-34-20-8-10-27-40(34)50-42(33)35)48-45(47-43)37-24-13-26-39-41(37)36-21-7-9-25-38(36)49(39)32-18-5-2-6-19-32/h1-28H. The summed E-state index contributed by atoms with van der Waals surface area (Å²) in [5.41, 5.74) is 8.57. The number of thiophene rings is 1. The lowest BCUT2D eigenvalue weighted by Crippen LogP contribution is -2.00. The molecule has 0 spiro atoms. The van der Waals surface area contributed by atoms with E-state index in [0.29, 0.717) is 17.5 Å². The maximum Gasteiger partial charge on any atom is 0.164 e. The van der Waals surface area contributed by atoms with Crippen molar-refractivity contribution >= 4 is 53.3 Å². The molecule has 0 amide bonds. The molecular weight excluding hydrogens is 629 g/mol. The zero-order chi connectivity index (χ0) is 33.0. The number of hydrogen-bond acceptors (Lipinski definition) is 4. The van der Waals surface area contributed by atoms with E-state index in [1.54, 1.807) is 0 Å². The first-order chi connectivity index (χ1) is 24.8. The first-order valence-electron chi connectivity index (χ1n) is 16.7. The van der Waals surface area contributed by atoms with E-state index < -0.39 is 0 Å². The molecule has 0 radical (unpaired) electrons. The van der Waals surface area contributed by atoms with Crippen LogP contribution < -0.4 is 0 Å². The molecule has 3 aromatic heterocycles. The Kier molecular flexibility index (Phi) is 6.64. The Morgan fingerprint density at radius 2 is 0.980 bits per heavy atom. The summed E-state index contributed by atoms with van der Waals surface area (Å²) in [6.07, 6.45) is 0. The van der Waals surface area contributed by atoms with Gasteiger partial charge in [-0.25, -0.2) is 15.0 Å². The number of fused-ring (bicyclic) bond motifs is 6. The Hall–Kier alpha value is -6.43. The van der Waals surface area contributed by atoms with Crippen molar-refractivity contribution in [2.24, 2.45) is 0 Å². The Balaban J connectivity index is 1.20. The van der Waals surface area contributed by atoms with Crippen molar-refractivity contribution in [3.05, 3.63) is 170 Å². The monoisotopic (exact) mass is 656 g/mol. The van der Waals surface area contributed by atoms with Gasteiger partial charge in [0.25, 0.3) is 0 Å². The molecule has 10 aromatic rings. The van der Waals surface area contributed by atoms with Gasteiger partial charge in [-0.05, 0) is 47.5 Å². The van der Waals surface area contributed by atoms with Crippen LogP contribution in [0.3, 0.4) is 0 Å². The van der Waals surface area contributed by atoms with Crippen molar-refractivity contribution in [1.29, 1.82) is 0 Å². The average molecular weight is 657 g/mol. The lowest BCUT2D eigenvalue weighted by atomic mass is 10.0. The third-order valence-electron chi connectivity index (χ3n) is 9.46. The predicted octanol–water partition coefficient (Wildman–Crippen LogP) is 12.0. The minimum Gasteiger partial charge on any atom is -0.309 e. The van der Waals surface area contributed by atoms with Crippen molar-refractivity contribution in [3.8, 4) is 51.0 Å². The summed E-state index contributed by atoms with van der Waals surface area (Å²) >= 11 is 1.84. The molecule has 0 aliphatic heterocycles. The lowest BCUT2D eigenvalue weighted by molar-refractivity contribution is 1.08. The Labute approximate surface area is 292 Å². The third kappa shape index (κ3) is 4.63. The molecule has 0 fully saturated rings. The van der Waals surface area contributed by atoms with Crippen LogP contribution in [0.5, 0.6) is 0 Å². The normalized spacial score (nSPS) is 11.6. The van der Waals surface area contributed by atoms with Crippen molar-refractivity contribution in [3.63, 3.8) is 0 Å². The maximum atomic E-state index is 5.24. The molecule has 4 nitrogen and oxygen atoms in total. The second-order valence-electron chi connectivity index (χ2n) is 12.4. The van der Waals surface area contributed by atoms with Crippen LogP contribution in [-0.2, 0) is 0 Å². The first-order valence-corrected chi connectivity index (χ1v) is 17.5. The summed E-state index contributed by atoms with van der Waals surface area (Å²) < 4.78 is 4.91. The molecule has 0 aliphatic rings. The van der Waals surface area contributed by atoms with E-state index in [1.165, 1.54) is 25.7 Å². The molecule has 0 saturated heterocycles. The van der Waals surface area contributed by atoms with Gasteiger partial charge in [-0.1, -0.05) is 133 Å². The molecule has 0 aliphatic carbocycles. The Morgan fingerprint density at radius 3 is 1.84 bits per heavy atom. The van der Waals surface area contributed by atoms with E-state index >= 15 is 0 Å². The zero-order valence-electron chi connectivity index (χ0n) is 26.9. The fourth-order valence-electron chi connectivity index (χ4n) is 7.20. The molecule has 234 valence electrons. The highest BCUT2D eigenvalue weighted by molar-refractivity contribution is 7.26. The second-order valence-corrected chi connectivity index (χ2v) is 13.5. The molecule has 0 N–H and O–H groups in total. The highest BCUT2D eigenvalue weighted by Gasteiger charge is 2.20. The van der Waals surface area contributed by atoms with E-state index in [4.69, 9.17) is 15.0 Å². The molecule has 50 heavy (non-hydrogen) atoms. The lowest BCUT2D eigenvalue weighted by Gasteiger charge is -2.11. The van der Waals surface area contributed by atoms with E-state index in [0.717, 1.165) is 49.7 Å². The fraction of sp³-hybridized carbons (Fsp3) is 0. The van der Waals surface area contributed by atoms with Crippen molar-refractivity contribution in [2.75, 3.05) is 0 Å². The van der Waals surface area contributed by atoms with Gasteiger partial charge >= 0.3 is 0 Å². The molecule has 0 unspecified atom stereocenters. The van der Waals surface area contributed by atoms with Gasteiger partial charge in [0, 0.05) is 53.3 Å². The fourth-order valence-corrected chi connectivity index (χ4v) is 8.44. The quantitative estimate of drug-likeness (QED) is 0.185. The first kappa shape index (κ1) is 28.6. The van der Waals surface area contributed by atoms with Gasteiger partial charge in [0.15, 0.2) is 17.5 Å².